The summed E-state index contributed by atoms with van der Waals surface area (Å²) in [4.78, 5) is 0. The summed E-state index contributed by atoms with van der Waals surface area (Å²) in [5.41, 5.74) is 0.942. The number of rotatable bonds is 4. The van der Waals surface area contributed by atoms with Gasteiger partial charge in [-0.25, -0.2) is 4.39 Å². The van der Waals surface area contributed by atoms with Gasteiger partial charge in [0, 0.05) is 19.5 Å². The first-order valence-electron chi connectivity index (χ1n) is 7.64. The molecule has 21 heavy (non-hydrogen) atoms. The first-order valence-corrected chi connectivity index (χ1v) is 7.64. The monoisotopic (exact) mass is 288 g/mol. The Hall–Kier alpha value is -1.75. The molecule has 0 spiro atoms. The van der Waals surface area contributed by atoms with E-state index in [-0.39, 0.29) is 11.9 Å². The molecule has 0 amide bonds. The Labute approximate surface area is 124 Å². The lowest BCUT2D eigenvalue weighted by Crippen LogP contribution is -2.22. The minimum absolute atomic E-state index is 0.104. The zero-order chi connectivity index (χ0) is 14.7. The van der Waals surface area contributed by atoms with Crippen molar-refractivity contribution in [2.24, 2.45) is 0 Å². The molecule has 0 bridgehead atoms. The summed E-state index contributed by atoms with van der Waals surface area (Å²) in [7, 11) is 0. The lowest BCUT2D eigenvalue weighted by molar-refractivity contribution is 0.501. The number of nitrogens with one attached hydrogen (secondary N) is 1. The first-order chi connectivity index (χ1) is 10.2. The van der Waals surface area contributed by atoms with Gasteiger partial charge in [0.05, 0.1) is 6.04 Å². The SMILES string of the molecule is CC(NCc1cccc(F)c1)c1nnc2n1CCCCC2. The number of hydrogen-bond donors (Lipinski definition) is 1. The zero-order valence-electron chi connectivity index (χ0n) is 12.3. The summed E-state index contributed by atoms with van der Waals surface area (Å²) in [6, 6.07) is 6.79. The highest BCUT2D eigenvalue weighted by molar-refractivity contribution is 5.16. The van der Waals surface area contributed by atoms with Gasteiger partial charge in [0.1, 0.15) is 17.5 Å². The second-order valence-corrected chi connectivity index (χ2v) is 5.67. The number of fused-ring (bicyclic) bond motifs is 1. The average Bonchev–Trinajstić information content (AvgIpc) is 2.74. The van der Waals surface area contributed by atoms with Gasteiger partial charge in [-0.05, 0) is 37.5 Å². The molecule has 1 unspecified atom stereocenters. The van der Waals surface area contributed by atoms with Crippen LogP contribution in [-0.2, 0) is 19.5 Å². The summed E-state index contributed by atoms with van der Waals surface area (Å²) in [6.45, 7) is 3.71. The van der Waals surface area contributed by atoms with Gasteiger partial charge in [-0.15, -0.1) is 10.2 Å². The van der Waals surface area contributed by atoms with Crippen molar-refractivity contribution in [2.75, 3.05) is 0 Å². The number of benzene rings is 1. The third kappa shape index (κ3) is 3.29. The van der Waals surface area contributed by atoms with E-state index in [1.807, 2.05) is 6.07 Å². The van der Waals surface area contributed by atoms with Crippen molar-refractivity contribution in [3.05, 3.63) is 47.3 Å². The van der Waals surface area contributed by atoms with E-state index in [0.717, 1.165) is 30.2 Å². The second-order valence-electron chi connectivity index (χ2n) is 5.67. The van der Waals surface area contributed by atoms with Crippen LogP contribution in [0.15, 0.2) is 24.3 Å². The number of aryl methyl sites for hydroxylation is 1. The van der Waals surface area contributed by atoms with E-state index in [2.05, 4.69) is 27.0 Å². The Morgan fingerprint density at radius 1 is 1.29 bits per heavy atom. The summed E-state index contributed by atoms with van der Waals surface area (Å²) in [5, 5.41) is 12.1. The molecule has 1 N–H and O–H groups in total. The van der Waals surface area contributed by atoms with Gasteiger partial charge >= 0.3 is 0 Å². The predicted molar refractivity (Wildman–Crippen MR) is 79.2 cm³/mol. The van der Waals surface area contributed by atoms with Crippen LogP contribution in [0.25, 0.3) is 0 Å². The van der Waals surface area contributed by atoms with E-state index in [9.17, 15) is 4.39 Å². The highest BCUT2D eigenvalue weighted by Gasteiger charge is 2.18. The number of nitrogens with zero attached hydrogens (tertiary/aromatic N) is 3. The molecule has 0 fully saturated rings. The molecule has 112 valence electrons. The number of aromatic nitrogens is 3. The molecule has 0 saturated heterocycles. The summed E-state index contributed by atoms with van der Waals surface area (Å²) >= 11 is 0. The Balaban J connectivity index is 1.68. The number of halogens is 1. The van der Waals surface area contributed by atoms with Crippen LogP contribution in [0.2, 0.25) is 0 Å². The van der Waals surface area contributed by atoms with Crippen LogP contribution in [0.1, 0.15) is 49.4 Å². The second kappa shape index (κ2) is 6.35. The van der Waals surface area contributed by atoms with Crippen LogP contribution in [0.4, 0.5) is 4.39 Å². The molecule has 1 aliphatic heterocycles. The van der Waals surface area contributed by atoms with Crippen LogP contribution in [0.3, 0.4) is 0 Å². The normalized spacial score (nSPS) is 16.3. The maximum absolute atomic E-state index is 13.2. The van der Waals surface area contributed by atoms with Crippen molar-refractivity contribution >= 4 is 0 Å². The molecule has 0 radical (unpaired) electrons. The van der Waals surface area contributed by atoms with Crippen LogP contribution in [0, 0.1) is 5.82 Å². The molecule has 2 aromatic rings. The Morgan fingerprint density at radius 2 is 2.19 bits per heavy atom. The minimum Gasteiger partial charge on any atom is -0.314 e. The van der Waals surface area contributed by atoms with Crippen LogP contribution in [-0.4, -0.2) is 14.8 Å². The molecule has 5 heteroatoms. The van der Waals surface area contributed by atoms with Crippen molar-refractivity contribution in [1.29, 1.82) is 0 Å². The van der Waals surface area contributed by atoms with Crippen molar-refractivity contribution in [1.82, 2.24) is 20.1 Å². The Bertz CT molecular complexity index is 608. The molecule has 1 aliphatic rings. The summed E-state index contributed by atoms with van der Waals surface area (Å²) in [6.07, 6.45) is 4.66. The summed E-state index contributed by atoms with van der Waals surface area (Å²) in [5.74, 6) is 1.89. The molecule has 1 aromatic carbocycles. The molecule has 0 saturated carbocycles. The molecular formula is C16H21FN4. The van der Waals surface area contributed by atoms with Crippen molar-refractivity contribution in [2.45, 2.75) is 51.7 Å². The van der Waals surface area contributed by atoms with Gasteiger partial charge in [0.2, 0.25) is 0 Å². The maximum atomic E-state index is 13.2. The highest BCUT2D eigenvalue weighted by atomic mass is 19.1. The van der Waals surface area contributed by atoms with E-state index in [4.69, 9.17) is 0 Å². The van der Waals surface area contributed by atoms with E-state index in [0.29, 0.717) is 6.54 Å². The lowest BCUT2D eigenvalue weighted by atomic mass is 10.2. The fourth-order valence-corrected chi connectivity index (χ4v) is 2.84. The third-order valence-electron chi connectivity index (χ3n) is 4.03. The van der Waals surface area contributed by atoms with Gasteiger partial charge in [0.15, 0.2) is 0 Å². The Kier molecular flexibility index (Phi) is 4.29. The smallest absolute Gasteiger partial charge is 0.149 e. The molecule has 4 nitrogen and oxygen atoms in total. The van der Waals surface area contributed by atoms with Crippen molar-refractivity contribution < 1.29 is 4.39 Å². The fourth-order valence-electron chi connectivity index (χ4n) is 2.84. The number of hydrogen-bond acceptors (Lipinski definition) is 3. The molecule has 1 aromatic heterocycles. The highest BCUT2D eigenvalue weighted by Crippen LogP contribution is 2.19. The van der Waals surface area contributed by atoms with Crippen LogP contribution >= 0.6 is 0 Å². The van der Waals surface area contributed by atoms with Crippen LogP contribution in [0.5, 0.6) is 0 Å². The average molecular weight is 288 g/mol. The maximum Gasteiger partial charge on any atom is 0.149 e. The third-order valence-corrected chi connectivity index (χ3v) is 4.03. The predicted octanol–water partition coefficient (Wildman–Crippen LogP) is 2.99. The largest absolute Gasteiger partial charge is 0.314 e. The molecule has 3 rings (SSSR count). The molecule has 1 atom stereocenters. The minimum atomic E-state index is -0.196. The van der Waals surface area contributed by atoms with Crippen LogP contribution < -0.4 is 5.32 Å². The van der Waals surface area contributed by atoms with E-state index in [1.54, 1.807) is 12.1 Å². The molecular weight excluding hydrogens is 267 g/mol. The standard InChI is InChI=1S/C16H21FN4/c1-12(18-11-13-6-5-7-14(17)10-13)16-20-19-15-8-3-2-4-9-21(15)16/h5-7,10,12,18H,2-4,8-9,11H2,1H3. The first kappa shape index (κ1) is 14.2. The molecule has 2 heterocycles. The zero-order valence-corrected chi connectivity index (χ0v) is 12.3. The molecule has 0 aliphatic carbocycles. The van der Waals surface area contributed by atoms with E-state index >= 15 is 0 Å². The fraction of sp³-hybridized carbons (Fsp3) is 0.500. The van der Waals surface area contributed by atoms with Gasteiger partial charge in [0.25, 0.3) is 0 Å². The van der Waals surface area contributed by atoms with Gasteiger partial charge in [-0.1, -0.05) is 18.6 Å². The topological polar surface area (TPSA) is 42.7 Å². The van der Waals surface area contributed by atoms with Gasteiger partial charge < -0.3 is 9.88 Å². The summed E-state index contributed by atoms with van der Waals surface area (Å²) < 4.78 is 15.4. The van der Waals surface area contributed by atoms with Gasteiger partial charge in [-0.2, -0.15) is 0 Å². The van der Waals surface area contributed by atoms with Crippen molar-refractivity contribution in [3.63, 3.8) is 0 Å². The lowest BCUT2D eigenvalue weighted by Gasteiger charge is -2.15. The van der Waals surface area contributed by atoms with E-state index < -0.39 is 0 Å². The van der Waals surface area contributed by atoms with E-state index in [1.165, 1.54) is 25.3 Å². The Morgan fingerprint density at radius 3 is 3.05 bits per heavy atom. The quantitative estimate of drug-likeness (QED) is 0.940. The van der Waals surface area contributed by atoms with Crippen molar-refractivity contribution in [3.8, 4) is 0 Å². The van der Waals surface area contributed by atoms with Gasteiger partial charge in [-0.3, -0.25) is 0 Å².